The van der Waals surface area contributed by atoms with E-state index in [-0.39, 0.29) is 34.5 Å². The second-order valence-electron chi connectivity index (χ2n) is 51.7. The molecular formula is C142H173Br4N3. The fourth-order valence-electron chi connectivity index (χ4n) is 26.1. The van der Waals surface area contributed by atoms with Crippen molar-refractivity contribution in [3.05, 3.63) is 339 Å². The summed E-state index contributed by atoms with van der Waals surface area (Å²) in [5.41, 5.74) is 28.5. The highest BCUT2D eigenvalue weighted by Crippen LogP contribution is 2.58. The van der Waals surface area contributed by atoms with Crippen molar-refractivity contribution in [2.75, 3.05) is 15.1 Å². The van der Waals surface area contributed by atoms with Gasteiger partial charge in [-0.05, 0) is 426 Å². The van der Waals surface area contributed by atoms with Crippen molar-refractivity contribution in [2.24, 2.45) is 0 Å². The summed E-state index contributed by atoms with van der Waals surface area (Å²) in [4.78, 5) is 5.22. The van der Waals surface area contributed by atoms with Gasteiger partial charge in [0, 0.05) is 73.6 Å². The van der Waals surface area contributed by atoms with Crippen LogP contribution in [0, 0.1) is 0 Å². The Morgan fingerprint density at radius 2 is 0.389 bits per heavy atom. The minimum absolute atomic E-state index is 0. The molecule has 15 aromatic carbocycles. The number of fused-ring (bicyclic) bond motifs is 6. The number of benzene rings is 15. The van der Waals surface area contributed by atoms with Gasteiger partial charge >= 0.3 is 0 Å². The zero-order valence-corrected chi connectivity index (χ0v) is 99.9. The summed E-state index contributed by atoms with van der Waals surface area (Å²) in [6.07, 6.45) is 39.6. The SMILES string of the molecule is C.CC(C)c1ccc(N(c2ccc(C(C)(C)C)cc2)c2c3ccc(C4(C)CCCCC4)cc3c(N(c3ccc(C(C)C)cc3)c3ccc(C(C)(C)C)cc3)c3ccc(C4(C)CCCCC4)cc23)cc1.CC(C)c1ccc(Nc2ccc(C(C)(C)C)cc2)cc1.CC1(c2ccc3c(Br)c4cc(C5(C)CCCCC5)ccc4c(Br)c3c2)CCCCC1.CC1(c2ccc3c(Br)c4ccc(C5(C)CCCCC5)cc4c(Br)c3c2)CCCCC1. The predicted molar refractivity (Wildman–Crippen MR) is 668 cm³/mol. The molecule has 784 valence electrons. The van der Waals surface area contributed by atoms with Gasteiger partial charge in [0.2, 0.25) is 0 Å². The summed E-state index contributed by atoms with van der Waals surface area (Å²) in [7, 11) is 0. The number of hydrogen-bond donors (Lipinski definition) is 1. The highest BCUT2D eigenvalue weighted by Gasteiger charge is 2.39. The largest absolute Gasteiger partial charge is 0.356 e. The van der Waals surface area contributed by atoms with Crippen molar-refractivity contribution in [3.8, 4) is 0 Å². The normalized spacial score (nSPS) is 17.6. The minimum atomic E-state index is 0. The van der Waals surface area contributed by atoms with Crippen molar-refractivity contribution in [1.29, 1.82) is 0 Å². The van der Waals surface area contributed by atoms with Crippen LogP contribution >= 0.6 is 63.7 Å². The molecule has 0 bridgehead atoms. The fourth-order valence-corrected chi connectivity index (χ4v) is 28.8. The molecule has 0 unspecified atom stereocenters. The van der Waals surface area contributed by atoms with Crippen LogP contribution in [0.5, 0.6) is 0 Å². The number of halogens is 4. The van der Waals surface area contributed by atoms with E-state index in [2.05, 4.69) is 479 Å². The molecule has 0 aliphatic heterocycles. The Hall–Kier alpha value is -8.82. The minimum Gasteiger partial charge on any atom is -0.356 e. The van der Waals surface area contributed by atoms with Crippen molar-refractivity contribution < 1.29 is 0 Å². The van der Waals surface area contributed by atoms with Gasteiger partial charge < -0.3 is 15.1 Å². The summed E-state index contributed by atoms with van der Waals surface area (Å²) < 4.78 is 4.99. The number of hydrogen-bond acceptors (Lipinski definition) is 3. The van der Waals surface area contributed by atoms with Crippen LogP contribution in [0.25, 0.3) is 64.6 Å². The first kappa shape index (κ1) is 111. The molecule has 0 aromatic heterocycles. The number of anilines is 8. The van der Waals surface area contributed by atoms with Gasteiger partial charge in [-0.25, -0.2) is 0 Å². The Bertz CT molecular complexity index is 6810. The highest BCUT2D eigenvalue weighted by molar-refractivity contribution is 9.11. The Balaban J connectivity index is 0.000000153. The van der Waals surface area contributed by atoms with E-state index in [0.29, 0.717) is 39.4 Å². The van der Waals surface area contributed by atoms with E-state index in [1.54, 1.807) is 0 Å². The smallest absolute Gasteiger partial charge is 0.0620 e. The molecule has 0 atom stereocenters. The molecule has 6 fully saturated rings. The molecule has 0 radical (unpaired) electrons. The average molecular weight is 2240 g/mol. The Kier molecular flexibility index (Phi) is 34.1. The van der Waals surface area contributed by atoms with Gasteiger partial charge in [-0.15, -0.1) is 0 Å². The van der Waals surface area contributed by atoms with Gasteiger partial charge in [-0.1, -0.05) is 414 Å². The maximum absolute atomic E-state index is 4.05. The summed E-state index contributed by atoms with van der Waals surface area (Å²) >= 11 is 16.0. The summed E-state index contributed by atoms with van der Waals surface area (Å²) in [6, 6.07) is 99.5. The van der Waals surface area contributed by atoms with Crippen molar-refractivity contribution in [2.45, 2.75) is 412 Å². The lowest BCUT2D eigenvalue weighted by atomic mass is 9.70. The van der Waals surface area contributed by atoms with Crippen molar-refractivity contribution in [3.63, 3.8) is 0 Å². The first-order chi connectivity index (χ1) is 70.5. The number of nitrogens with one attached hydrogen (secondary N) is 1. The zero-order valence-electron chi connectivity index (χ0n) is 93.6. The average Bonchev–Trinajstić information content (AvgIpc) is 0.722. The van der Waals surface area contributed by atoms with E-state index in [1.165, 1.54) is 376 Å². The Labute approximate surface area is 932 Å². The molecule has 6 saturated carbocycles. The third-order valence-corrected chi connectivity index (χ3v) is 40.1. The van der Waals surface area contributed by atoms with Crippen LogP contribution in [0.2, 0.25) is 0 Å². The Morgan fingerprint density at radius 3 is 0.604 bits per heavy atom. The van der Waals surface area contributed by atoms with Crippen LogP contribution in [0.3, 0.4) is 0 Å². The quantitative estimate of drug-likeness (QED) is 0.0724. The van der Waals surface area contributed by atoms with Crippen LogP contribution in [0.4, 0.5) is 45.5 Å². The van der Waals surface area contributed by atoms with Crippen molar-refractivity contribution >= 4 is 174 Å². The monoisotopic (exact) mass is 2240 g/mol. The highest BCUT2D eigenvalue weighted by atomic mass is 79.9. The third kappa shape index (κ3) is 23.9. The standard InChI is InChI=1S/C66H80N2.2C28H32Br2.C19H25N.CH4/c1-45(2)47-19-29-53(30-20-47)67(55-33-23-49(24-34-55)63(5,6)7)61-57-37-27-52(66(12)41-17-14-18-42-66)44-60(57)62(58-38-28-51(43-59(58)61)65(11)39-15-13-16-40-65)68(54-31-21-48(22-32-54)46(3)4)56-35-25-50(26-36-56)64(8,9)10;1-27(13-5-3-6-14-27)19-9-11-21-23(17-19)25(29)22-12-10-20(18-24(22)26(21)30)28(2)15-7-4-8-16-28;1-27(13-5-3-6-14-27)19-9-11-21-23(17-19)26(30)24-18-20(10-12-22(24)25(21)29)28(2)15-7-4-8-16-28;1-14(2)15-6-10-17(11-7-15)20-18-12-8-16(9-13-18)19(3,4)5;/h19-38,43-46H,13-18,39-42H2,1-12H3;2*9-12,17-18H,3-8,13-16H2,1-2H3;6-14,20H,1-5H3;1H4. The van der Waals surface area contributed by atoms with E-state index >= 15 is 0 Å². The lowest BCUT2D eigenvalue weighted by Gasteiger charge is -2.37. The van der Waals surface area contributed by atoms with Crippen LogP contribution in [0.15, 0.2) is 273 Å². The van der Waals surface area contributed by atoms with Crippen LogP contribution < -0.4 is 15.1 Å². The second kappa shape index (κ2) is 45.7. The summed E-state index contributed by atoms with van der Waals surface area (Å²) in [5, 5.41) is 19.3. The van der Waals surface area contributed by atoms with Gasteiger partial charge in [-0.3, -0.25) is 0 Å². The molecule has 15 aromatic rings. The van der Waals surface area contributed by atoms with Crippen LogP contribution in [-0.4, -0.2) is 0 Å². The molecule has 0 amide bonds. The van der Waals surface area contributed by atoms with E-state index in [4.69, 9.17) is 0 Å². The van der Waals surface area contributed by atoms with Crippen LogP contribution in [0.1, 0.15) is 430 Å². The Morgan fingerprint density at radius 1 is 0.215 bits per heavy atom. The van der Waals surface area contributed by atoms with E-state index in [0.717, 1.165) is 11.4 Å². The molecule has 1 N–H and O–H groups in total. The molecule has 0 saturated heterocycles. The molecule has 0 spiro atoms. The number of nitrogens with zero attached hydrogens (tertiary/aromatic N) is 2. The van der Waals surface area contributed by atoms with Gasteiger partial charge in [0.05, 0.1) is 11.4 Å². The summed E-state index contributed by atoms with van der Waals surface area (Å²) in [6.45, 7) is 49.2. The molecule has 21 rings (SSSR count). The lowest BCUT2D eigenvalue weighted by molar-refractivity contribution is 0.320. The maximum Gasteiger partial charge on any atom is 0.0620 e. The van der Waals surface area contributed by atoms with E-state index in [9.17, 15) is 0 Å². The first-order valence-electron chi connectivity index (χ1n) is 57.3. The molecular weight excluding hydrogens is 2070 g/mol. The van der Waals surface area contributed by atoms with Gasteiger partial charge in [0.1, 0.15) is 0 Å². The molecule has 149 heavy (non-hydrogen) atoms. The molecule has 6 aliphatic carbocycles. The molecule has 3 nitrogen and oxygen atoms in total. The maximum atomic E-state index is 4.05. The fraction of sp³-hybridized carbons (Fsp3) is 0.451. The lowest BCUT2D eigenvalue weighted by Crippen LogP contribution is -2.25. The number of rotatable bonds is 17. The zero-order chi connectivity index (χ0) is 105. The van der Waals surface area contributed by atoms with E-state index in [1.807, 2.05) is 0 Å². The van der Waals surface area contributed by atoms with Crippen LogP contribution in [-0.2, 0) is 48.7 Å². The molecule has 0 heterocycles. The second-order valence-corrected chi connectivity index (χ2v) is 54.9. The van der Waals surface area contributed by atoms with Gasteiger partial charge in [0.25, 0.3) is 0 Å². The predicted octanol–water partition coefficient (Wildman–Crippen LogP) is 46.6. The topological polar surface area (TPSA) is 18.5 Å². The van der Waals surface area contributed by atoms with Gasteiger partial charge in [0.15, 0.2) is 0 Å². The summed E-state index contributed by atoms with van der Waals surface area (Å²) in [5.74, 6) is 1.47. The van der Waals surface area contributed by atoms with Crippen molar-refractivity contribution in [1.82, 2.24) is 0 Å². The molecule has 7 heteroatoms. The van der Waals surface area contributed by atoms with Gasteiger partial charge in [-0.2, -0.15) is 0 Å². The third-order valence-electron chi connectivity index (χ3n) is 36.6. The first-order valence-corrected chi connectivity index (χ1v) is 60.4. The van der Waals surface area contributed by atoms with E-state index < -0.39 is 0 Å². The molecule has 6 aliphatic rings.